The van der Waals surface area contributed by atoms with Gasteiger partial charge in [-0.2, -0.15) is 5.26 Å². The fourth-order valence-corrected chi connectivity index (χ4v) is 1.49. The zero-order valence-electron chi connectivity index (χ0n) is 6.54. The van der Waals surface area contributed by atoms with Gasteiger partial charge in [0.05, 0.1) is 10.5 Å². The first kappa shape index (κ1) is 9.01. The van der Waals surface area contributed by atoms with E-state index in [0.717, 1.165) is 0 Å². The minimum atomic E-state index is -0.0239. The summed E-state index contributed by atoms with van der Waals surface area (Å²) in [5.41, 5.74) is 0.615. The maximum absolute atomic E-state index is 11.2. The van der Waals surface area contributed by atoms with Gasteiger partial charge in [0.2, 0.25) is 0 Å². The maximum Gasteiger partial charge on any atom is 0.198 e. The van der Waals surface area contributed by atoms with Crippen LogP contribution in [0, 0.1) is 18.3 Å². The fourth-order valence-electron chi connectivity index (χ4n) is 0.910. The summed E-state index contributed by atoms with van der Waals surface area (Å²) in [6, 6.07) is 2.00. The second-order valence-corrected chi connectivity index (χ2v) is 3.30. The third kappa shape index (κ3) is 1.74. The van der Waals surface area contributed by atoms with Gasteiger partial charge in [0.15, 0.2) is 5.43 Å². The van der Waals surface area contributed by atoms with Crippen LogP contribution in [0.25, 0.3) is 0 Å². The average molecular weight is 227 g/mol. The molecule has 1 aromatic rings. The van der Waals surface area contributed by atoms with E-state index in [0.29, 0.717) is 10.0 Å². The number of nitrogens with zero attached hydrogens (tertiary/aromatic N) is 2. The zero-order valence-corrected chi connectivity index (χ0v) is 8.13. The maximum atomic E-state index is 11.2. The smallest absolute Gasteiger partial charge is 0.198 e. The van der Waals surface area contributed by atoms with Crippen molar-refractivity contribution in [1.29, 1.82) is 5.26 Å². The molecule has 12 heavy (non-hydrogen) atoms. The van der Waals surface area contributed by atoms with Crippen LogP contribution < -0.4 is 5.43 Å². The van der Waals surface area contributed by atoms with Gasteiger partial charge >= 0.3 is 0 Å². The van der Waals surface area contributed by atoms with Gasteiger partial charge in [0.1, 0.15) is 6.54 Å². The highest BCUT2D eigenvalue weighted by atomic mass is 79.9. The minimum absolute atomic E-state index is 0.0239. The number of aromatic nitrogens is 1. The molecular formula is C8H7BrN2O. The molecule has 0 bridgehead atoms. The highest BCUT2D eigenvalue weighted by Crippen LogP contribution is 2.03. The van der Waals surface area contributed by atoms with Crippen LogP contribution in [0.15, 0.2) is 21.7 Å². The lowest BCUT2D eigenvalue weighted by atomic mass is 10.3. The second kappa shape index (κ2) is 3.55. The number of hydrogen-bond donors (Lipinski definition) is 0. The molecule has 0 aliphatic rings. The first-order chi connectivity index (χ1) is 5.65. The van der Waals surface area contributed by atoms with Crippen molar-refractivity contribution in [3.05, 3.63) is 32.7 Å². The molecule has 0 saturated carbocycles. The normalized spacial score (nSPS) is 9.42. The van der Waals surface area contributed by atoms with E-state index in [1.54, 1.807) is 23.9 Å². The highest BCUT2D eigenvalue weighted by molar-refractivity contribution is 9.10. The molecule has 62 valence electrons. The summed E-state index contributed by atoms with van der Waals surface area (Å²) in [6.07, 6.45) is 3.27. The Kier molecular flexibility index (Phi) is 2.66. The predicted molar refractivity (Wildman–Crippen MR) is 48.8 cm³/mol. The van der Waals surface area contributed by atoms with Crippen molar-refractivity contribution in [2.75, 3.05) is 0 Å². The van der Waals surface area contributed by atoms with Gasteiger partial charge in [0, 0.05) is 18.0 Å². The first-order valence-electron chi connectivity index (χ1n) is 3.38. The van der Waals surface area contributed by atoms with Gasteiger partial charge in [-0.25, -0.2) is 0 Å². The number of nitriles is 1. The molecule has 0 aliphatic carbocycles. The van der Waals surface area contributed by atoms with Crippen molar-refractivity contribution < 1.29 is 0 Å². The van der Waals surface area contributed by atoms with Crippen molar-refractivity contribution in [2.24, 2.45) is 0 Å². The molecular weight excluding hydrogens is 220 g/mol. The van der Waals surface area contributed by atoms with Crippen molar-refractivity contribution in [1.82, 2.24) is 4.57 Å². The van der Waals surface area contributed by atoms with Crippen LogP contribution in [0.3, 0.4) is 0 Å². The van der Waals surface area contributed by atoms with Gasteiger partial charge < -0.3 is 4.57 Å². The average Bonchev–Trinajstić information content (AvgIpc) is 2.01. The van der Waals surface area contributed by atoms with E-state index < -0.39 is 0 Å². The SMILES string of the molecule is Cc1cn(CC#N)cc(Br)c1=O. The van der Waals surface area contributed by atoms with E-state index in [1.807, 2.05) is 6.07 Å². The van der Waals surface area contributed by atoms with E-state index in [9.17, 15) is 4.79 Å². The summed E-state index contributed by atoms with van der Waals surface area (Å²) in [4.78, 5) is 11.2. The van der Waals surface area contributed by atoms with Crippen LogP contribution in [0.4, 0.5) is 0 Å². The lowest BCUT2D eigenvalue weighted by Crippen LogP contribution is -2.10. The summed E-state index contributed by atoms with van der Waals surface area (Å²) >= 11 is 3.12. The van der Waals surface area contributed by atoms with Gasteiger partial charge in [-0.1, -0.05) is 0 Å². The Morgan fingerprint density at radius 3 is 2.83 bits per heavy atom. The molecule has 0 aliphatic heterocycles. The molecule has 0 atom stereocenters. The standard InChI is InChI=1S/C8H7BrN2O/c1-6-4-11(3-2-10)5-7(9)8(6)12/h4-5H,3H2,1H3. The first-order valence-corrected chi connectivity index (χ1v) is 4.17. The highest BCUT2D eigenvalue weighted by Gasteiger charge is 1.99. The van der Waals surface area contributed by atoms with E-state index in [2.05, 4.69) is 15.9 Å². The summed E-state index contributed by atoms with van der Waals surface area (Å²) in [7, 11) is 0. The summed E-state index contributed by atoms with van der Waals surface area (Å²) in [5.74, 6) is 0. The van der Waals surface area contributed by atoms with Crippen LogP contribution in [0.2, 0.25) is 0 Å². The number of hydrogen-bond acceptors (Lipinski definition) is 2. The van der Waals surface area contributed by atoms with Gasteiger partial charge in [-0.3, -0.25) is 4.79 Å². The Balaban J connectivity index is 3.24. The van der Waals surface area contributed by atoms with Gasteiger partial charge in [0.25, 0.3) is 0 Å². The fraction of sp³-hybridized carbons (Fsp3) is 0.250. The molecule has 1 rings (SSSR count). The Labute approximate surface area is 78.4 Å². The largest absolute Gasteiger partial charge is 0.339 e. The molecule has 3 nitrogen and oxygen atoms in total. The minimum Gasteiger partial charge on any atom is -0.339 e. The second-order valence-electron chi connectivity index (χ2n) is 2.45. The molecule has 0 N–H and O–H groups in total. The molecule has 4 heteroatoms. The van der Waals surface area contributed by atoms with Crippen LogP contribution in [-0.4, -0.2) is 4.57 Å². The van der Waals surface area contributed by atoms with Crippen molar-refractivity contribution in [3.8, 4) is 6.07 Å². The summed E-state index contributed by atoms with van der Waals surface area (Å²) in [6.45, 7) is 1.99. The molecule has 0 saturated heterocycles. The molecule has 0 fully saturated rings. The predicted octanol–water partition coefficient (Wildman–Crippen LogP) is 1.44. The van der Waals surface area contributed by atoms with Crippen LogP contribution in [-0.2, 0) is 6.54 Å². The third-order valence-corrected chi connectivity index (χ3v) is 2.03. The van der Waals surface area contributed by atoms with E-state index >= 15 is 0 Å². The Bertz CT molecular complexity index is 363. The Morgan fingerprint density at radius 2 is 2.33 bits per heavy atom. The molecule has 0 unspecified atom stereocenters. The van der Waals surface area contributed by atoms with Gasteiger partial charge in [-0.15, -0.1) is 0 Å². The zero-order chi connectivity index (χ0) is 9.14. The number of aryl methyl sites for hydroxylation is 1. The summed E-state index contributed by atoms with van der Waals surface area (Å²) in [5, 5.41) is 8.41. The monoisotopic (exact) mass is 226 g/mol. The Morgan fingerprint density at radius 1 is 1.67 bits per heavy atom. The lowest BCUT2D eigenvalue weighted by Gasteiger charge is -2.02. The van der Waals surface area contributed by atoms with E-state index in [-0.39, 0.29) is 12.0 Å². The molecule has 0 spiro atoms. The Hall–Kier alpha value is -1.08. The van der Waals surface area contributed by atoms with Crippen LogP contribution in [0.5, 0.6) is 0 Å². The number of pyridine rings is 1. The van der Waals surface area contributed by atoms with Gasteiger partial charge in [-0.05, 0) is 22.9 Å². The van der Waals surface area contributed by atoms with Crippen molar-refractivity contribution >= 4 is 15.9 Å². The quantitative estimate of drug-likeness (QED) is 0.728. The molecule has 0 radical (unpaired) electrons. The summed E-state index contributed by atoms with van der Waals surface area (Å²) < 4.78 is 2.17. The number of rotatable bonds is 1. The number of halogens is 1. The van der Waals surface area contributed by atoms with Crippen LogP contribution in [0.1, 0.15) is 5.56 Å². The van der Waals surface area contributed by atoms with Crippen LogP contribution >= 0.6 is 15.9 Å². The van der Waals surface area contributed by atoms with E-state index in [4.69, 9.17) is 5.26 Å². The van der Waals surface area contributed by atoms with Crippen molar-refractivity contribution in [2.45, 2.75) is 13.5 Å². The molecule has 0 amide bonds. The molecule has 1 aromatic heterocycles. The van der Waals surface area contributed by atoms with E-state index in [1.165, 1.54) is 0 Å². The lowest BCUT2D eigenvalue weighted by molar-refractivity contribution is 0.809. The topological polar surface area (TPSA) is 45.8 Å². The third-order valence-electron chi connectivity index (χ3n) is 1.47. The van der Waals surface area contributed by atoms with Crippen molar-refractivity contribution in [3.63, 3.8) is 0 Å². The molecule has 1 heterocycles. The molecule has 0 aromatic carbocycles.